The Morgan fingerprint density at radius 1 is 1.17 bits per heavy atom. The van der Waals surface area contributed by atoms with Gasteiger partial charge in [-0.3, -0.25) is 0 Å². The Labute approximate surface area is 77.7 Å². The van der Waals surface area contributed by atoms with Crippen molar-refractivity contribution >= 4 is 0 Å². The van der Waals surface area contributed by atoms with Gasteiger partial charge >= 0.3 is 0 Å². The van der Waals surface area contributed by atoms with Crippen LogP contribution in [0.3, 0.4) is 0 Å². The summed E-state index contributed by atoms with van der Waals surface area (Å²) in [5.41, 5.74) is 1.13. The van der Waals surface area contributed by atoms with Crippen LogP contribution in [0.2, 0.25) is 0 Å². The molecular formula is C12H24. The minimum atomic E-state index is 0.525. The van der Waals surface area contributed by atoms with Gasteiger partial charge < -0.3 is 0 Å². The van der Waals surface area contributed by atoms with Crippen LogP contribution < -0.4 is 0 Å². The zero-order valence-electron chi connectivity index (χ0n) is 9.41. The first kappa shape index (κ1) is 10.1. The maximum absolute atomic E-state index is 2.42. The first-order chi connectivity index (χ1) is 5.31. The predicted octanol–water partition coefficient (Wildman–Crippen LogP) is 4.25. The monoisotopic (exact) mass is 168 g/mol. The molecule has 0 amide bonds. The fourth-order valence-electron chi connectivity index (χ4n) is 2.44. The lowest BCUT2D eigenvalue weighted by atomic mass is 9.64. The molecule has 1 rings (SSSR count). The van der Waals surface area contributed by atoms with Crippen LogP contribution in [-0.2, 0) is 0 Å². The van der Waals surface area contributed by atoms with Crippen molar-refractivity contribution in [1.29, 1.82) is 0 Å². The zero-order valence-corrected chi connectivity index (χ0v) is 9.41. The van der Waals surface area contributed by atoms with Gasteiger partial charge in [-0.15, -0.1) is 0 Å². The molecule has 1 aliphatic carbocycles. The van der Waals surface area contributed by atoms with E-state index < -0.39 is 0 Å². The molecule has 0 aromatic carbocycles. The van der Waals surface area contributed by atoms with E-state index in [1.165, 1.54) is 25.7 Å². The Morgan fingerprint density at radius 3 is 2.08 bits per heavy atom. The first-order valence-electron chi connectivity index (χ1n) is 5.31. The van der Waals surface area contributed by atoms with Gasteiger partial charge in [0.15, 0.2) is 0 Å². The maximum Gasteiger partial charge on any atom is -0.0351 e. The topological polar surface area (TPSA) is 0 Å². The van der Waals surface area contributed by atoms with Crippen molar-refractivity contribution in [2.24, 2.45) is 16.7 Å². The Balaban J connectivity index is 2.58. The van der Waals surface area contributed by atoms with E-state index >= 15 is 0 Å². The summed E-state index contributed by atoms with van der Waals surface area (Å²) < 4.78 is 0. The number of hydrogen-bond acceptors (Lipinski definition) is 0. The van der Waals surface area contributed by atoms with E-state index in [4.69, 9.17) is 0 Å². The third-order valence-electron chi connectivity index (χ3n) is 3.43. The van der Waals surface area contributed by atoms with Crippen LogP contribution in [0.5, 0.6) is 0 Å². The van der Waals surface area contributed by atoms with Gasteiger partial charge in [-0.25, -0.2) is 0 Å². The van der Waals surface area contributed by atoms with Gasteiger partial charge in [0.2, 0.25) is 0 Å². The average Bonchev–Trinajstić information content (AvgIpc) is 1.83. The van der Waals surface area contributed by atoms with Gasteiger partial charge in [0.25, 0.3) is 0 Å². The van der Waals surface area contributed by atoms with E-state index in [-0.39, 0.29) is 0 Å². The molecule has 0 aliphatic heterocycles. The Kier molecular flexibility index (Phi) is 2.56. The van der Waals surface area contributed by atoms with Crippen molar-refractivity contribution in [3.8, 4) is 0 Å². The van der Waals surface area contributed by atoms with E-state index in [0.29, 0.717) is 10.8 Å². The van der Waals surface area contributed by atoms with E-state index in [2.05, 4.69) is 34.6 Å². The van der Waals surface area contributed by atoms with Gasteiger partial charge in [-0.1, -0.05) is 41.0 Å². The predicted molar refractivity (Wildman–Crippen MR) is 55.2 cm³/mol. The van der Waals surface area contributed by atoms with Crippen molar-refractivity contribution in [2.75, 3.05) is 0 Å². The van der Waals surface area contributed by atoms with E-state index in [1.54, 1.807) is 0 Å². The molecule has 0 aromatic rings. The van der Waals surface area contributed by atoms with Crippen LogP contribution >= 0.6 is 0 Å². The van der Waals surface area contributed by atoms with Crippen molar-refractivity contribution < 1.29 is 0 Å². The third-order valence-corrected chi connectivity index (χ3v) is 3.43. The molecule has 0 spiro atoms. The fourth-order valence-corrected chi connectivity index (χ4v) is 2.44. The third kappa shape index (κ3) is 2.50. The van der Waals surface area contributed by atoms with Crippen molar-refractivity contribution in [3.63, 3.8) is 0 Å². The van der Waals surface area contributed by atoms with Crippen LogP contribution in [0, 0.1) is 16.7 Å². The maximum atomic E-state index is 2.42. The molecule has 0 radical (unpaired) electrons. The Hall–Kier alpha value is 0. The quantitative estimate of drug-likeness (QED) is 0.507. The lowest BCUT2D eigenvalue weighted by Crippen LogP contribution is -2.30. The van der Waals surface area contributed by atoms with Gasteiger partial charge in [0.1, 0.15) is 0 Å². The largest absolute Gasteiger partial charge is 0.0599 e. The molecule has 12 heavy (non-hydrogen) atoms. The van der Waals surface area contributed by atoms with E-state index in [9.17, 15) is 0 Å². The summed E-state index contributed by atoms with van der Waals surface area (Å²) in [4.78, 5) is 0. The molecule has 72 valence electrons. The fraction of sp³-hybridized carbons (Fsp3) is 1.00. The Bertz CT molecular complexity index is 145. The molecule has 1 aliphatic rings. The van der Waals surface area contributed by atoms with Gasteiger partial charge in [0, 0.05) is 0 Å². The molecule has 0 aromatic heterocycles. The lowest BCUT2D eigenvalue weighted by molar-refractivity contribution is 0.0959. The van der Waals surface area contributed by atoms with Crippen LogP contribution in [0.4, 0.5) is 0 Å². The summed E-state index contributed by atoms with van der Waals surface area (Å²) in [6, 6.07) is 0. The molecule has 1 fully saturated rings. The highest BCUT2D eigenvalue weighted by molar-refractivity contribution is 4.85. The molecule has 0 heterocycles. The minimum Gasteiger partial charge on any atom is -0.0599 e. The van der Waals surface area contributed by atoms with Gasteiger partial charge in [-0.2, -0.15) is 0 Å². The molecule has 0 N–H and O–H groups in total. The van der Waals surface area contributed by atoms with Crippen LogP contribution in [0.25, 0.3) is 0 Å². The summed E-state index contributed by atoms with van der Waals surface area (Å²) in [5, 5.41) is 0. The van der Waals surface area contributed by atoms with Crippen molar-refractivity contribution in [3.05, 3.63) is 0 Å². The summed E-state index contributed by atoms with van der Waals surface area (Å²) >= 11 is 0. The molecule has 1 unspecified atom stereocenters. The van der Waals surface area contributed by atoms with E-state index in [1.807, 2.05) is 0 Å². The SMILES string of the molecule is CC1(C)CCCC(C(C)(C)C)C1. The highest BCUT2D eigenvalue weighted by atomic mass is 14.4. The van der Waals surface area contributed by atoms with Crippen LogP contribution in [-0.4, -0.2) is 0 Å². The second kappa shape index (κ2) is 3.05. The second-order valence-corrected chi connectivity index (χ2v) is 6.32. The highest BCUT2D eigenvalue weighted by Crippen LogP contribution is 2.45. The van der Waals surface area contributed by atoms with Crippen LogP contribution in [0.15, 0.2) is 0 Å². The van der Waals surface area contributed by atoms with Gasteiger partial charge in [0.05, 0.1) is 0 Å². The molecule has 0 saturated heterocycles. The molecule has 0 bridgehead atoms. The highest BCUT2D eigenvalue weighted by Gasteiger charge is 2.34. The first-order valence-corrected chi connectivity index (χ1v) is 5.31. The summed E-state index contributed by atoms with van der Waals surface area (Å²) in [6.07, 6.45) is 5.75. The second-order valence-electron chi connectivity index (χ2n) is 6.32. The van der Waals surface area contributed by atoms with Crippen LogP contribution in [0.1, 0.15) is 60.3 Å². The summed E-state index contributed by atoms with van der Waals surface area (Å²) in [7, 11) is 0. The van der Waals surface area contributed by atoms with E-state index in [0.717, 1.165) is 5.92 Å². The summed E-state index contributed by atoms with van der Waals surface area (Å²) in [5.74, 6) is 0.946. The molecule has 1 atom stereocenters. The molecule has 0 heteroatoms. The smallest absolute Gasteiger partial charge is 0.0351 e. The normalized spacial score (nSPS) is 30.2. The standard InChI is InChI=1S/C12H24/c1-11(2,3)10-7-6-8-12(4,5)9-10/h10H,6-9H2,1-5H3. The summed E-state index contributed by atoms with van der Waals surface area (Å²) in [6.45, 7) is 12.0. The lowest BCUT2D eigenvalue weighted by Gasteiger charge is -2.41. The van der Waals surface area contributed by atoms with Crippen molar-refractivity contribution in [2.45, 2.75) is 60.3 Å². The minimum absolute atomic E-state index is 0.525. The zero-order chi connectivity index (χ0) is 9.41. The molecule has 0 nitrogen and oxygen atoms in total. The average molecular weight is 168 g/mol. The number of rotatable bonds is 0. The Morgan fingerprint density at radius 2 is 1.75 bits per heavy atom. The van der Waals surface area contributed by atoms with Gasteiger partial charge in [-0.05, 0) is 36.0 Å². The molecule has 1 saturated carbocycles. The molecular weight excluding hydrogens is 144 g/mol. The number of hydrogen-bond donors (Lipinski definition) is 0. The van der Waals surface area contributed by atoms with Crippen molar-refractivity contribution in [1.82, 2.24) is 0 Å².